The zero-order valence-electron chi connectivity index (χ0n) is 8.57. The quantitative estimate of drug-likeness (QED) is 0.695. The monoisotopic (exact) mass is 204 g/mol. The van der Waals surface area contributed by atoms with E-state index in [0.717, 1.165) is 5.92 Å². The van der Waals surface area contributed by atoms with Gasteiger partial charge in [-0.25, -0.2) is 0 Å². The maximum absolute atomic E-state index is 2.41. The fourth-order valence-electron chi connectivity index (χ4n) is 2.02. The van der Waals surface area contributed by atoms with Crippen molar-refractivity contribution in [2.24, 2.45) is 0 Å². The Labute approximate surface area is 90.4 Å². The van der Waals surface area contributed by atoms with Gasteiger partial charge in [-0.3, -0.25) is 0 Å². The van der Waals surface area contributed by atoms with Crippen LogP contribution < -0.4 is 0 Å². The van der Waals surface area contributed by atoms with E-state index in [9.17, 15) is 0 Å². The molecule has 0 radical (unpaired) electrons. The summed E-state index contributed by atoms with van der Waals surface area (Å²) in [5.41, 5.74) is 1.50. The van der Waals surface area contributed by atoms with E-state index >= 15 is 0 Å². The van der Waals surface area contributed by atoms with E-state index in [1.165, 1.54) is 24.8 Å². The number of hydrogen-bond acceptors (Lipinski definition) is 1. The van der Waals surface area contributed by atoms with Gasteiger partial charge in [0.1, 0.15) is 0 Å². The van der Waals surface area contributed by atoms with Gasteiger partial charge in [-0.15, -0.1) is 11.8 Å². The van der Waals surface area contributed by atoms with Gasteiger partial charge in [0.25, 0.3) is 0 Å². The minimum absolute atomic E-state index is 0.757. The Morgan fingerprint density at radius 3 is 2.57 bits per heavy atom. The summed E-state index contributed by atoms with van der Waals surface area (Å²) >= 11 is 1.90. The third kappa shape index (κ3) is 2.21. The van der Waals surface area contributed by atoms with Crippen LogP contribution in [0.2, 0.25) is 0 Å². The van der Waals surface area contributed by atoms with Crippen LogP contribution in [0.1, 0.15) is 30.7 Å². The van der Waals surface area contributed by atoms with Crippen molar-refractivity contribution in [1.82, 2.24) is 0 Å². The maximum Gasteiger partial charge on any atom is -0.0124 e. The molecule has 0 saturated heterocycles. The molecule has 1 unspecified atom stereocenters. The van der Waals surface area contributed by atoms with Crippen LogP contribution in [0.3, 0.4) is 0 Å². The Kier molecular flexibility index (Phi) is 3.30. The van der Waals surface area contributed by atoms with Gasteiger partial charge in [-0.1, -0.05) is 36.4 Å². The molecule has 0 spiro atoms. The molecule has 1 aliphatic carbocycles. The highest BCUT2D eigenvalue weighted by molar-refractivity contribution is 8.02. The summed E-state index contributed by atoms with van der Waals surface area (Å²) in [6, 6.07) is 10.9. The van der Waals surface area contributed by atoms with E-state index < -0.39 is 0 Å². The van der Waals surface area contributed by atoms with Crippen molar-refractivity contribution in [1.29, 1.82) is 0 Å². The van der Waals surface area contributed by atoms with E-state index in [0.29, 0.717) is 0 Å². The molecule has 1 aliphatic rings. The topological polar surface area (TPSA) is 0 Å². The van der Waals surface area contributed by atoms with E-state index in [-0.39, 0.29) is 0 Å². The van der Waals surface area contributed by atoms with Crippen molar-refractivity contribution in [2.75, 3.05) is 6.26 Å². The van der Waals surface area contributed by atoms with Crippen LogP contribution in [0, 0.1) is 0 Å². The largest absolute Gasteiger partial charge is 0.134 e. The molecule has 0 saturated carbocycles. The lowest BCUT2D eigenvalue weighted by molar-refractivity contribution is 0.613. The van der Waals surface area contributed by atoms with E-state index in [4.69, 9.17) is 0 Å². The summed E-state index contributed by atoms with van der Waals surface area (Å²) in [6.45, 7) is 0. The van der Waals surface area contributed by atoms with Gasteiger partial charge in [0, 0.05) is 0 Å². The molecule has 0 heterocycles. The smallest absolute Gasteiger partial charge is 0.0124 e. The van der Waals surface area contributed by atoms with Crippen LogP contribution in [0.15, 0.2) is 41.3 Å². The molecule has 1 aromatic carbocycles. The number of hydrogen-bond donors (Lipinski definition) is 0. The molecule has 74 valence electrons. The van der Waals surface area contributed by atoms with Crippen molar-refractivity contribution in [3.63, 3.8) is 0 Å². The predicted molar refractivity (Wildman–Crippen MR) is 64.6 cm³/mol. The standard InChI is InChI=1S/C13H16S/c1-14-13-9-7-12(8-10-13)11-5-3-2-4-6-11/h2-6,9,12H,7-8,10H2,1H3. The normalized spacial score (nSPS) is 21.8. The molecule has 1 atom stereocenters. The molecule has 0 amide bonds. The van der Waals surface area contributed by atoms with Crippen molar-refractivity contribution < 1.29 is 0 Å². The van der Waals surface area contributed by atoms with E-state index in [2.05, 4.69) is 42.7 Å². The predicted octanol–water partition coefficient (Wildman–Crippen LogP) is 4.20. The minimum atomic E-state index is 0.757. The third-order valence-corrected chi connectivity index (χ3v) is 3.80. The molecular weight excluding hydrogens is 188 g/mol. The highest BCUT2D eigenvalue weighted by atomic mass is 32.2. The second kappa shape index (κ2) is 4.70. The Balaban J connectivity index is 2.06. The van der Waals surface area contributed by atoms with Crippen LogP contribution in [0.4, 0.5) is 0 Å². The molecule has 0 bridgehead atoms. The molecule has 0 aliphatic heterocycles. The summed E-state index contributed by atoms with van der Waals surface area (Å²) < 4.78 is 0. The lowest BCUT2D eigenvalue weighted by Gasteiger charge is -2.21. The zero-order chi connectivity index (χ0) is 9.80. The second-order valence-corrected chi connectivity index (χ2v) is 4.69. The summed E-state index contributed by atoms with van der Waals surface area (Å²) in [4.78, 5) is 1.57. The van der Waals surface area contributed by atoms with Crippen LogP contribution in [0.25, 0.3) is 0 Å². The average Bonchev–Trinajstić information content (AvgIpc) is 2.30. The number of benzene rings is 1. The lowest BCUT2D eigenvalue weighted by atomic mass is 9.88. The van der Waals surface area contributed by atoms with Crippen LogP contribution >= 0.6 is 11.8 Å². The van der Waals surface area contributed by atoms with Gasteiger partial charge >= 0.3 is 0 Å². The second-order valence-electron chi connectivity index (χ2n) is 3.76. The molecule has 1 aromatic rings. The van der Waals surface area contributed by atoms with Gasteiger partial charge < -0.3 is 0 Å². The van der Waals surface area contributed by atoms with Crippen molar-refractivity contribution >= 4 is 11.8 Å². The summed E-state index contributed by atoms with van der Waals surface area (Å²) in [6.07, 6.45) is 8.39. The summed E-state index contributed by atoms with van der Waals surface area (Å²) in [7, 11) is 0. The highest BCUT2D eigenvalue weighted by Crippen LogP contribution is 2.34. The Morgan fingerprint density at radius 1 is 1.21 bits per heavy atom. The fraction of sp³-hybridized carbons (Fsp3) is 0.385. The molecule has 0 nitrogen and oxygen atoms in total. The van der Waals surface area contributed by atoms with E-state index in [1.807, 2.05) is 11.8 Å². The highest BCUT2D eigenvalue weighted by Gasteiger charge is 2.15. The summed E-state index contributed by atoms with van der Waals surface area (Å²) in [5, 5.41) is 0. The first kappa shape index (κ1) is 9.85. The average molecular weight is 204 g/mol. The maximum atomic E-state index is 2.41. The first-order valence-electron chi connectivity index (χ1n) is 5.18. The Bertz CT molecular complexity index is 313. The number of allylic oxidation sites excluding steroid dienone is 2. The molecule has 14 heavy (non-hydrogen) atoms. The fourth-order valence-corrected chi connectivity index (χ4v) is 2.61. The minimum Gasteiger partial charge on any atom is -0.134 e. The molecule has 2 rings (SSSR count). The van der Waals surface area contributed by atoms with Gasteiger partial charge in [0.15, 0.2) is 0 Å². The van der Waals surface area contributed by atoms with Crippen molar-refractivity contribution in [2.45, 2.75) is 25.2 Å². The van der Waals surface area contributed by atoms with Crippen LogP contribution in [-0.2, 0) is 0 Å². The van der Waals surface area contributed by atoms with Crippen LogP contribution in [0.5, 0.6) is 0 Å². The molecular formula is C13H16S. The van der Waals surface area contributed by atoms with Gasteiger partial charge in [0.2, 0.25) is 0 Å². The first-order chi connectivity index (χ1) is 6.90. The molecule has 0 fully saturated rings. The molecule has 0 aromatic heterocycles. The van der Waals surface area contributed by atoms with Gasteiger partial charge in [0.05, 0.1) is 0 Å². The lowest BCUT2D eigenvalue weighted by Crippen LogP contribution is -2.02. The number of thioether (sulfide) groups is 1. The molecule has 1 heteroatoms. The van der Waals surface area contributed by atoms with Gasteiger partial charge in [-0.2, -0.15) is 0 Å². The van der Waals surface area contributed by atoms with Crippen molar-refractivity contribution in [3.8, 4) is 0 Å². The van der Waals surface area contributed by atoms with Gasteiger partial charge in [-0.05, 0) is 41.9 Å². The van der Waals surface area contributed by atoms with E-state index in [1.54, 1.807) is 4.91 Å². The SMILES string of the molecule is CSC1=CCC(c2ccccc2)CC1. The Morgan fingerprint density at radius 2 is 2.00 bits per heavy atom. The van der Waals surface area contributed by atoms with Crippen molar-refractivity contribution in [3.05, 3.63) is 46.9 Å². The Hall–Kier alpha value is -0.690. The first-order valence-corrected chi connectivity index (χ1v) is 6.40. The third-order valence-electron chi connectivity index (χ3n) is 2.90. The summed E-state index contributed by atoms with van der Waals surface area (Å²) in [5.74, 6) is 0.757. The number of rotatable bonds is 2. The zero-order valence-corrected chi connectivity index (χ0v) is 9.39. The van der Waals surface area contributed by atoms with Crippen LogP contribution in [-0.4, -0.2) is 6.26 Å². The molecule has 0 N–H and O–H groups in total.